The monoisotopic (exact) mass is 459 g/mol. The second kappa shape index (κ2) is 9.15. The topological polar surface area (TPSA) is 97.6 Å². The Labute approximate surface area is 182 Å². The molecule has 4 N–H and O–H groups in total. The van der Waals surface area contributed by atoms with Gasteiger partial charge in [0.15, 0.2) is 12.0 Å². The number of nitrogens with two attached hydrogens (primary N) is 2. The number of hydrogen-bond donors (Lipinski definition) is 2. The summed E-state index contributed by atoms with van der Waals surface area (Å²) in [6, 6.07) is 2.08. The van der Waals surface area contributed by atoms with Gasteiger partial charge in [-0.2, -0.15) is 13.2 Å². The first-order valence-corrected chi connectivity index (χ1v) is 10.7. The molecule has 1 aliphatic carbocycles. The van der Waals surface area contributed by atoms with E-state index in [4.69, 9.17) is 11.5 Å². The molecule has 6 nitrogen and oxygen atoms in total. The molecule has 0 radical (unpaired) electrons. The maximum atomic E-state index is 14.2. The molecule has 0 bridgehead atoms. The maximum absolute atomic E-state index is 14.2. The van der Waals surface area contributed by atoms with Crippen LogP contribution in [0.1, 0.15) is 31.9 Å². The molecular formula is C20H25F4N5OS. The van der Waals surface area contributed by atoms with Crippen LogP contribution in [0.5, 0.6) is 0 Å². The molecule has 1 aromatic rings. The number of thioether (sulfide) groups is 1. The Bertz CT molecular complexity index is 867. The van der Waals surface area contributed by atoms with Crippen LogP contribution in [0.2, 0.25) is 0 Å². The second-order valence-corrected chi connectivity index (χ2v) is 9.20. The van der Waals surface area contributed by atoms with Crippen molar-refractivity contribution in [1.29, 1.82) is 0 Å². The van der Waals surface area contributed by atoms with E-state index in [9.17, 15) is 22.4 Å². The highest BCUT2D eigenvalue weighted by atomic mass is 32.2. The lowest BCUT2D eigenvalue weighted by atomic mass is 9.74. The van der Waals surface area contributed by atoms with Crippen molar-refractivity contribution >= 4 is 24.4 Å². The predicted molar refractivity (Wildman–Crippen MR) is 111 cm³/mol. The molecule has 3 rings (SSSR count). The normalized spacial score (nSPS) is 27.0. The van der Waals surface area contributed by atoms with Crippen molar-refractivity contribution in [2.45, 2.75) is 49.5 Å². The van der Waals surface area contributed by atoms with Gasteiger partial charge in [0.25, 0.3) is 0 Å². The average Bonchev–Trinajstić information content (AvgIpc) is 2.94. The molecule has 1 saturated heterocycles. The minimum atomic E-state index is -4.66. The van der Waals surface area contributed by atoms with Crippen molar-refractivity contribution in [2.24, 2.45) is 27.8 Å². The fourth-order valence-electron chi connectivity index (χ4n) is 4.35. The lowest BCUT2D eigenvalue weighted by Crippen LogP contribution is -2.49. The molecule has 0 amide bonds. The van der Waals surface area contributed by atoms with Crippen molar-refractivity contribution in [2.75, 3.05) is 13.1 Å². The van der Waals surface area contributed by atoms with Crippen LogP contribution in [0.3, 0.4) is 0 Å². The first kappa shape index (κ1) is 23.5. The van der Waals surface area contributed by atoms with Gasteiger partial charge in [-0.15, -0.1) is 0 Å². The summed E-state index contributed by atoms with van der Waals surface area (Å²) in [5, 5.41) is 0. The Hall–Kier alpha value is -2.14. The number of carbonyl (C=O) groups is 1. The third-order valence-corrected chi connectivity index (χ3v) is 7.17. The number of hydrogen-bond acceptors (Lipinski definition) is 6. The number of allylic oxidation sites excluding steroid dienone is 1. The summed E-state index contributed by atoms with van der Waals surface area (Å²) in [6.45, 7) is 3.09. The highest BCUT2D eigenvalue weighted by Crippen LogP contribution is 2.49. The Morgan fingerprint density at radius 2 is 2.06 bits per heavy atom. The Morgan fingerprint density at radius 1 is 1.39 bits per heavy atom. The first-order chi connectivity index (χ1) is 14.6. The summed E-state index contributed by atoms with van der Waals surface area (Å²) in [4.78, 5) is 20.4. The molecule has 1 aromatic heterocycles. The summed E-state index contributed by atoms with van der Waals surface area (Å²) in [5.74, 6) is -0.248. The lowest BCUT2D eigenvalue weighted by molar-refractivity contribution is -0.143. The Balaban J connectivity index is 1.68. The van der Waals surface area contributed by atoms with Gasteiger partial charge in [-0.3, -0.25) is 9.78 Å². The number of likely N-dealkylation sites (tertiary alicyclic amines) is 1. The number of aromatic nitrogens is 1. The van der Waals surface area contributed by atoms with E-state index in [0.29, 0.717) is 44.0 Å². The van der Waals surface area contributed by atoms with Crippen LogP contribution in [0, 0.1) is 11.3 Å². The van der Waals surface area contributed by atoms with Crippen LogP contribution < -0.4 is 11.5 Å². The summed E-state index contributed by atoms with van der Waals surface area (Å²) in [5.41, 5.74) is 10.7. The smallest absolute Gasteiger partial charge is 0.383 e. The van der Waals surface area contributed by atoms with Crippen molar-refractivity contribution in [1.82, 2.24) is 9.88 Å². The van der Waals surface area contributed by atoms with Crippen molar-refractivity contribution < 1.29 is 22.4 Å². The minimum Gasteiger partial charge on any atom is -0.383 e. The van der Waals surface area contributed by atoms with E-state index in [1.807, 2.05) is 11.8 Å². The molecule has 2 aliphatic rings. The van der Waals surface area contributed by atoms with Gasteiger partial charge in [0.2, 0.25) is 0 Å². The number of aldehydes is 1. The zero-order chi connectivity index (χ0) is 22.8. The number of halogens is 4. The van der Waals surface area contributed by atoms with Gasteiger partial charge in [-0.25, -0.2) is 9.38 Å². The fourth-order valence-corrected chi connectivity index (χ4v) is 5.21. The minimum absolute atomic E-state index is 0.0602. The third kappa shape index (κ3) is 5.03. The van der Waals surface area contributed by atoms with Crippen LogP contribution >= 0.6 is 11.8 Å². The van der Waals surface area contributed by atoms with Crippen LogP contribution in [0.4, 0.5) is 17.6 Å². The summed E-state index contributed by atoms with van der Waals surface area (Å²) < 4.78 is 53.6. The van der Waals surface area contributed by atoms with Gasteiger partial charge in [0.05, 0.1) is 11.2 Å². The number of carbonyl (C=O) groups excluding carboxylic acids is 1. The fraction of sp³-hybridized carbons (Fsp3) is 0.550. The molecule has 2 heterocycles. The number of piperidine rings is 1. The third-order valence-electron chi connectivity index (χ3n) is 6.09. The standard InChI is InChI=1S/C20H25F4N5OS/c1-12-9-19(16(25)15(12)21)4-7-29(8-5-19)11-28-18(26)14(10-30)31-13-3-2-6-27-17(13)20(22,23)24/h2-3,6,10-12,15-16H,4-5,7-9,25-26H2,1H3/b18-14+,28-11+/t12-,15-,16-/m1/s1. The molecule has 1 aliphatic heterocycles. The van der Waals surface area contributed by atoms with Gasteiger partial charge in [-0.05, 0) is 42.7 Å². The van der Waals surface area contributed by atoms with E-state index in [1.165, 1.54) is 18.5 Å². The molecule has 31 heavy (non-hydrogen) atoms. The number of pyridine rings is 1. The van der Waals surface area contributed by atoms with Crippen LogP contribution in [0.15, 0.2) is 38.9 Å². The zero-order valence-electron chi connectivity index (χ0n) is 17.0. The molecule has 3 atom stereocenters. The SMILES string of the molecule is C[C@@H]1CC2(CCN(/C=N/C(N)=C(\C=O)Sc3cccnc3C(F)(F)F)CC2)[C@H](N)[C@@H]1F. The van der Waals surface area contributed by atoms with Crippen molar-refractivity contribution in [3.8, 4) is 0 Å². The van der Waals surface area contributed by atoms with Gasteiger partial charge in [-0.1, -0.05) is 18.7 Å². The largest absolute Gasteiger partial charge is 0.434 e. The highest BCUT2D eigenvalue weighted by Gasteiger charge is 2.51. The van der Waals surface area contributed by atoms with E-state index in [1.54, 1.807) is 0 Å². The molecule has 1 saturated carbocycles. The van der Waals surface area contributed by atoms with E-state index in [2.05, 4.69) is 9.98 Å². The molecule has 1 spiro atoms. The molecule has 0 unspecified atom stereocenters. The zero-order valence-corrected chi connectivity index (χ0v) is 17.8. The molecule has 0 aromatic carbocycles. The predicted octanol–water partition coefficient (Wildman–Crippen LogP) is 3.33. The summed E-state index contributed by atoms with van der Waals surface area (Å²) in [7, 11) is 0. The van der Waals surface area contributed by atoms with Gasteiger partial charge < -0.3 is 16.4 Å². The Morgan fingerprint density at radius 3 is 2.61 bits per heavy atom. The lowest BCUT2D eigenvalue weighted by Gasteiger charge is -2.41. The molecule has 170 valence electrons. The van der Waals surface area contributed by atoms with Crippen LogP contribution in [0.25, 0.3) is 0 Å². The second-order valence-electron chi connectivity index (χ2n) is 8.11. The van der Waals surface area contributed by atoms with Crippen LogP contribution in [-0.4, -0.2) is 47.8 Å². The van der Waals surface area contributed by atoms with E-state index in [-0.39, 0.29) is 27.0 Å². The molecule has 11 heteroatoms. The van der Waals surface area contributed by atoms with Gasteiger partial charge in [0.1, 0.15) is 12.0 Å². The molecular weight excluding hydrogens is 434 g/mol. The number of alkyl halides is 4. The Kier molecular flexibility index (Phi) is 6.95. The number of aliphatic imine (C=N–C) groups is 1. The molecule has 2 fully saturated rings. The quantitative estimate of drug-likeness (QED) is 0.175. The van der Waals surface area contributed by atoms with Gasteiger partial charge in [0, 0.05) is 30.2 Å². The first-order valence-electron chi connectivity index (χ1n) is 9.90. The average molecular weight is 460 g/mol. The summed E-state index contributed by atoms with van der Waals surface area (Å²) in [6.07, 6.45) is -0.600. The van der Waals surface area contributed by atoms with Gasteiger partial charge >= 0.3 is 6.18 Å². The maximum Gasteiger partial charge on any atom is 0.434 e. The van der Waals surface area contributed by atoms with Crippen LogP contribution in [-0.2, 0) is 11.0 Å². The number of rotatable bonds is 5. The highest BCUT2D eigenvalue weighted by molar-refractivity contribution is 8.04. The summed E-state index contributed by atoms with van der Waals surface area (Å²) >= 11 is 0.567. The van der Waals surface area contributed by atoms with E-state index in [0.717, 1.165) is 12.6 Å². The van der Waals surface area contributed by atoms with E-state index < -0.39 is 24.1 Å². The number of nitrogens with zero attached hydrogens (tertiary/aromatic N) is 3. The van der Waals surface area contributed by atoms with Crippen molar-refractivity contribution in [3.63, 3.8) is 0 Å². The van der Waals surface area contributed by atoms with E-state index >= 15 is 0 Å². The van der Waals surface area contributed by atoms with Crippen molar-refractivity contribution in [3.05, 3.63) is 34.7 Å².